The summed E-state index contributed by atoms with van der Waals surface area (Å²) in [5.74, 6) is 0. The third-order valence-electron chi connectivity index (χ3n) is 3.55. The zero-order chi connectivity index (χ0) is 13.7. The average molecular weight is 258 g/mol. The first-order valence-corrected chi connectivity index (χ1v) is 6.87. The number of rotatable bonds is 6. The molecule has 0 saturated heterocycles. The van der Waals surface area contributed by atoms with Gasteiger partial charge in [-0.3, -0.25) is 4.98 Å². The molecule has 2 rings (SSSR count). The van der Waals surface area contributed by atoms with Crippen molar-refractivity contribution in [3.05, 3.63) is 42.1 Å². The molecule has 1 aromatic heterocycles. The largest absolute Gasteiger partial charge is 0.380 e. The Balaban J connectivity index is 2.21. The number of benzene rings is 1. The number of pyridine rings is 1. The van der Waals surface area contributed by atoms with E-state index in [4.69, 9.17) is 10.5 Å². The lowest BCUT2D eigenvalue weighted by molar-refractivity contribution is 0.0727. The van der Waals surface area contributed by atoms with E-state index in [-0.39, 0.29) is 12.1 Å². The minimum absolute atomic E-state index is 0.0238. The number of methoxy groups -OCH3 is 1. The molecule has 2 aromatic rings. The number of hydrogen-bond donors (Lipinski definition) is 1. The van der Waals surface area contributed by atoms with E-state index >= 15 is 0 Å². The Labute approximate surface area is 114 Å². The number of fused-ring (bicyclic) bond motifs is 1. The molecule has 3 nitrogen and oxygen atoms in total. The van der Waals surface area contributed by atoms with Crippen molar-refractivity contribution in [2.45, 2.75) is 38.3 Å². The lowest BCUT2D eigenvalue weighted by Crippen LogP contribution is -2.38. The number of hydrogen-bond acceptors (Lipinski definition) is 3. The molecule has 0 aliphatic heterocycles. The molecule has 1 heterocycles. The highest BCUT2D eigenvalue weighted by molar-refractivity contribution is 5.81. The summed E-state index contributed by atoms with van der Waals surface area (Å²) in [6.07, 6.45) is 4.88. The van der Waals surface area contributed by atoms with Gasteiger partial charge in [0.15, 0.2) is 0 Å². The number of nitrogens with two attached hydrogens (primary N) is 1. The van der Waals surface area contributed by atoms with Crippen molar-refractivity contribution in [3.8, 4) is 0 Å². The van der Waals surface area contributed by atoms with Crippen molar-refractivity contribution in [2.75, 3.05) is 7.11 Å². The van der Waals surface area contributed by atoms with Gasteiger partial charge in [-0.15, -0.1) is 0 Å². The molecule has 0 amide bonds. The average Bonchev–Trinajstić information content (AvgIpc) is 2.45. The van der Waals surface area contributed by atoms with Crippen LogP contribution in [0.25, 0.3) is 10.9 Å². The van der Waals surface area contributed by atoms with Crippen LogP contribution in [0.5, 0.6) is 0 Å². The van der Waals surface area contributed by atoms with Crippen molar-refractivity contribution >= 4 is 10.9 Å². The van der Waals surface area contributed by atoms with Gasteiger partial charge in [-0.05, 0) is 30.5 Å². The highest BCUT2D eigenvalue weighted by Crippen LogP contribution is 2.19. The van der Waals surface area contributed by atoms with Gasteiger partial charge in [-0.25, -0.2) is 0 Å². The lowest BCUT2D eigenvalue weighted by atomic mass is 9.97. The molecule has 102 valence electrons. The van der Waals surface area contributed by atoms with Crippen LogP contribution >= 0.6 is 0 Å². The minimum atomic E-state index is 0.0238. The predicted octanol–water partition coefficient (Wildman–Crippen LogP) is 2.92. The Hall–Kier alpha value is -1.45. The summed E-state index contributed by atoms with van der Waals surface area (Å²) in [5.41, 5.74) is 8.56. The van der Waals surface area contributed by atoms with Crippen molar-refractivity contribution in [3.63, 3.8) is 0 Å². The van der Waals surface area contributed by atoms with Gasteiger partial charge in [-0.2, -0.15) is 0 Å². The molecule has 3 heteroatoms. The van der Waals surface area contributed by atoms with E-state index in [2.05, 4.69) is 24.0 Å². The number of para-hydroxylation sites is 1. The highest BCUT2D eigenvalue weighted by atomic mass is 16.5. The van der Waals surface area contributed by atoms with Gasteiger partial charge in [-0.1, -0.05) is 31.5 Å². The second kappa shape index (κ2) is 6.64. The summed E-state index contributed by atoms with van der Waals surface area (Å²) in [5, 5.41) is 1.19. The second-order valence-electron chi connectivity index (χ2n) is 4.92. The summed E-state index contributed by atoms with van der Waals surface area (Å²) in [6, 6.07) is 10.3. The van der Waals surface area contributed by atoms with Gasteiger partial charge in [0.25, 0.3) is 0 Å². The van der Waals surface area contributed by atoms with Crippen LogP contribution in [0.3, 0.4) is 0 Å². The number of ether oxygens (including phenoxy) is 1. The second-order valence-corrected chi connectivity index (χ2v) is 4.92. The van der Waals surface area contributed by atoms with Crippen LogP contribution < -0.4 is 5.73 Å². The standard InChI is InChI=1S/C16H22N2O/c1-3-6-16(19-2)14(17)11-12-9-10-18-15-8-5-4-7-13(12)15/h4-5,7-10,14,16H,3,6,11,17H2,1-2H3. The SMILES string of the molecule is CCCC(OC)C(N)Cc1ccnc2ccccc12. The molecule has 0 radical (unpaired) electrons. The Morgan fingerprint density at radius 3 is 2.79 bits per heavy atom. The van der Waals surface area contributed by atoms with Crippen LogP contribution in [0.1, 0.15) is 25.3 Å². The fourth-order valence-corrected chi connectivity index (χ4v) is 2.51. The van der Waals surface area contributed by atoms with Crippen LogP contribution in [-0.2, 0) is 11.2 Å². The molecular weight excluding hydrogens is 236 g/mol. The summed E-state index contributed by atoms with van der Waals surface area (Å²) in [4.78, 5) is 4.38. The molecule has 0 aliphatic carbocycles. The fraction of sp³-hybridized carbons (Fsp3) is 0.438. The van der Waals surface area contributed by atoms with Gasteiger partial charge >= 0.3 is 0 Å². The van der Waals surface area contributed by atoms with Crippen molar-refractivity contribution in [1.29, 1.82) is 0 Å². The van der Waals surface area contributed by atoms with E-state index in [0.717, 1.165) is 24.8 Å². The number of nitrogens with zero attached hydrogens (tertiary/aromatic N) is 1. The van der Waals surface area contributed by atoms with Crippen molar-refractivity contribution in [1.82, 2.24) is 4.98 Å². The first-order valence-electron chi connectivity index (χ1n) is 6.87. The Morgan fingerprint density at radius 2 is 2.05 bits per heavy atom. The smallest absolute Gasteiger partial charge is 0.0725 e. The zero-order valence-corrected chi connectivity index (χ0v) is 11.7. The molecule has 2 atom stereocenters. The lowest BCUT2D eigenvalue weighted by Gasteiger charge is -2.22. The maximum atomic E-state index is 6.29. The van der Waals surface area contributed by atoms with Gasteiger partial charge in [0.1, 0.15) is 0 Å². The van der Waals surface area contributed by atoms with E-state index in [9.17, 15) is 0 Å². The molecule has 2 N–H and O–H groups in total. The summed E-state index contributed by atoms with van der Waals surface area (Å²) >= 11 is 0. The van der Waals surface area contributed by atoms with E-state index in [1.807, 2.05) is 24.4 Å². The van der Waals surface area contributed by atoms with Crippen LogP contribution in [-0.4, -0.2) is 24.2 Å². The Bertz CT molecular complexity index is 522. The normalized spacial score (nSPS) is 14.5. The maximum absolute atomic E-state index is 6.29. The summed E-state index contributed by atoms with van der Waals surface area (Å²) in [6.45, 7) is 2.15. The molecule has 1 aromatic carbocycles. The zero-order valence-electron chi connectivity index (χ0n) is 11.7. The van der Waals surface area contributed by atoms with Crippen LogP contribution in [0.4, 0.5) is 0 Å². The minimum Gasteiger partial charge on any atom is -0.380 e. The van der Waals surface area contributed by atoms with E-state index in [0.29, 0.717) is 0 Å². The van der Waals surface area contributed by atoms with Gasteiger partial charge in [0.05, 0.1) is 11.6 Å². The molecule has 0 fully saturated rings. The topological polar surface area (TPSA) is 48.1 Å². The van der Waals surface area contributed by atoms with Crippen molar-refractivity contribution < 1.29 is 4.74 Å². The van der Waals surface area contributed by atoms with Crippen molar-refractivity contribution in [2.24, 2.45) is 5.73 Å². The molecule has 0 saturated carbocycles. The van der Waals surface area contributed by atoms with Crippen LogP contribution in [0.2, 0.25) is 0 Å². The van der Waals surface area contributed by atoms with Gasteiger partial charge in [0.2, 0.25) is 0 Å². The van der Waals surface area contributed by atoms with Crippen LogP contribution in [0, 0.1) is 0 Å². The van der Waals surface area contributed by atoms with Gasteiger partial charge in [0, 0.05) is 24.7 Å². The molecule has 19 heavy (non-hydrogen) atoms. The van der Waals surface area contributed by atoms with Gasteiger partial charge < -0.3 is 10.5 Å². The third-order valence-corrected chi connectivity index (χ3v) is 3.55. The van der Waals surface area contributed by atoms with E-state index in [1.54, 1.807) is 7.11 Å². The molecule has 2 unspecified atom stereocenters. The molecule has 0 bridgehead atoms. The predicted molar refractivity (Wildman–Crippen MR) is 79.1 cm³/mol. The Kier molecular flexibility index (Phi) is 4.88. The van der Waals surface area contributed by atoms with E-state index < -0.39 is 0 Å². The quantitative estimate of drug-likeness (QED) is 0.866. The summed E-state index contributed by atoms with van der Waals surface area (Å²) < 4.78 is 5.50. The molecular formula is C16H22N2O. The maximum Gasteiger partial charge on any atom is 0.0725 e. The fourth-order valence-electron chi connectivity index (χ4n) is 2.51. The first-order chi connectivity index (χ1) is 9.26. The molecule has 0 spiro atoms. The van der Waals surface area contributed by atoms with Crippen LogP contribution in [0.15, 0.2) is 36.5 Å². The monoisotopic (exact) mass is 258 g/mol. The Morgan fingerprint density at radius 1 is 1.26 bits per heavy atom. The first kappa shape index (κ1) is 14.0. The third kappa shape index (κ3) is 3.31. The van der Waals surface area contributed by atoms with E-state index in [1.165, 1.54) is 10.9 Å². The molecule has 0 aliphatic rings. The summed E-state index contributed by atoms with van der Waals surface area (Å²) in [7, 11) is 1.74. The number of aromatic nitrogens is 1. The highest BCUT2D eigenvalue weighted by Gasteiger charge is 2.17.